The highest BCUT2D eigenvalue weighted by atomic mass is 15.1. The second-order valence-corrected chi connectivity index (χ2v) is 10.4. The average Bonchev–Trinajstić information content (AvgIpc) is 2.93. The fraction of sp³-hybridized carbons (Fsp3) is 0.278. The van der Waals surface area contributed by atoms with E-state index in [0.717, 1.165) is 44.0 Å². The number of aryl methyl sites for hydroxylation is 1. The highest BCUT2D eigenvalue weighted by Crippen LogP contribution is 2.36. The Labute approximate surface area is 223 Å². The molecule has 1 saturated carbocycles. The molecule has 0 aromatic heterocycles. The van der Waals surface area contributed by atoms with Gasteiger partial charge in [0.1, 0.15) is 0 Å². The van der Waals surface area contributed by atoms with Crippen molar-refractivity contribution < 1.29 is 0 Å². The van der Waals surface area contributed by atoms with Crippen LogP contribution in [0.5, 0.6) is 0 Å². The maximum atomic E-state index is 4.56. The third-order valence-corrected chi connectivity index (χ3v) is 8.00. The first-order valence-corrected chi connectivity index (χ1v) is 14.0. The molecule has 0 aliphatic heterocycles. The van der Waals surface area contributed by atoms with E-state index in [4.69, 9.17) is 0 Å². The van der Waals surface area contributed by atoms with E-state index in [-0.39, 0.29) is 0 Å². The normalized spacial score (nSPS) is 13.3. The molecule has 1 aliphatic rings. The van der Waals surface area contributed by atoms with Crippen LogP contribution >= 0.6 is 0 Å². The number of rotatable bonds is 12. The van der Waals surface area contributed by atoms with E-state index in [1.54, 1.807) is 5.56 Å². The summed E-state index contributed by atoms with van der Waals surface area (Å²) in [5, 5.41) is 0. The Kier molecular flexibility index (Phi) is 8.54. The first-order chi connectivity index (χ1) is 18.3. The highest BCUT2D eigenvalue weighted by molar-refractivity contribution is 5.61. The monoisotopic (exact) mass is 485 g/mol. The molecule has 0 bridgehead atoms. The molecule has 0 amide bonds. The Hall–Kier alpha value is -3.58. The Morgan fingerprint density at radius 1 is 0.730 bits per heavy atom. The van der Waals surface area contributed by atoms with Crippen molar-refractivity contribution in [2.75, 3.05) is 13.1 Å². The molecule has 1 fully saturated rings. The first kappa shape index (κ1) is 25.1. The molecule has 4 aromatic carbocycles. The van der Waals surface area contributed by atoms with Crippen LogP contribution in [0.4, 0.5) is 0 Å². The third-order valence-electron chi connectivity index (χ3n) is 8.00. The summed E-state index contributed by atoms with van der Waals surface area (Å²) < 4.78 is 0. The highest BCUT2D eigenvalue weighted by Gasteiger charge is 2.20. The molecule has 0 atom stereocenters. The zero-order chi connectivity index (χ0) is 25.3. The molecule has 1 heteroatoms. The maximum Gasteiger partial charge on any atom is 0.0366 e. The van der Waals surface area contributed by atoms with Crippen LogP contribution in [0.25, 0.3) is 5.70 Å². The molecule has 0 saturated heterocycles. The van der Waals surface area contributed by atoms with Crippen molar-refractivity contribution in [1.82, 2.24) is 4.90 Å². The summed E-state index contributed by atoms with van der Waals surface area (Å²) in [6, 6.07) is 41.9. The lowest BCUT2D eigenvalue weighted by Gasteiger charge is -2.30. The van der Waals surface area contributed by atoms with E-state index in [9.17, 15) is 0 Å². The van der Waals surface area contributed by atoms with E-state index < -0.39 is 0 Å². The fourth-order valence-corrected chi connectivity index (χ4v) is 5.59. The van der Waals surface area contributed by atoms with E-state index in [1.807, 2.05) is 0 Å². The van der Waals surface area contributed by atoms with Crippen LogP contribution in [0.1, 0.15) is 71.8 Å². The van der Waals surface area contributed by atoms with Gasteiger partial charge in [0.15, 0.2) is 0 Å². The number of benzene rings is 4. The van der Waals surface area contributed by atoms with Crippen LogP contribution in [0.3, 0.4) is 0 Å². The summed E-state index contributed by atoms with van der Waals surface area (Å²) in [6.07, 6.45) is 7.40. The largest absolute Gasteiger partial charge is 0.371 e. The lowest BCUT2D eigenvalue weighted by atomic mass is 9.79. The Morgan fingerprint density at radius 3 is 1.95 bits per heavy atom. The number of nitrogens with zero attached hydrogens (tertiary/aromatic N) is 1. The minimum atomic E-state index is 0.368. The van der Waals surface area contributed by atoms with Crippen molar-refractivity contribution >= 4 is 5.70 Å². The summed E-state index contributed by atoms with van der Waals surface area (Å²) in [4.78, 5) is 2.52. The molecular weight excluding hydrogens is 446 g/mol. The molecule has 0 N–H and O–H groups in total. The maximum absolute atomic E-state index is 4.56. The van der Waals surface area contributed by atoms with E-state index in [0.29, 0.717) is 5.92 Å². The van der Waals surface area contributed by atoms with E-state index >= 15 is 0 Å². The SMILES string of the molecule is C=C(c1ccccc1)N(CCCc1cccc(C2CCC2)c1)CCC(c1ccccc1)c1ccccc1. The predicted octanol–water partition coefficient (Wildman–Crippen LogP) is 9.08. The van der Waals surface area contributed by atoms with Crippen LogP contribution in [0.15, 0.2) is 122 Å². The lowest BCUT2D eigenvalue weighted by Crippen LogP contribution is -2.26. The summed E-state index contributed by atoms with van der Waals surface area (Å²) in [7, 11) is 0. The summed E-state index contributed by atoms with van der Waals surface area (Å²) in [6.45, 7) is 6.54. The van der Waals surface area contributed by atoms with Gasteiger partial charge in [-0.1, -0.05) is 128 Å². The Morgan fingerprint density at radius 2 is 1.35 bits per heavy atom. The van der Waals surface area contributed by atoms with Gasteiger partial charge in [0.2, 0.25) is 0 Å². The van der Waals surface area contributed by atoms with Crippen LogP contribution in [-0.4, -0.2) is 18.0 Å². The van der Waals surface area contributed by atoms with Crippen molar-refractivity contribution in [1.29, 1.82) is 0 Å². The number of hydrogen-bond acceptors (Lipinski definition) is 1. The molecule has 4 aromatic rings. The Bertz CT molecular complexity index is 1200. The number of hydrogen-bond donors (Lipinski definition) is 0. The quantitative estimate of drug-likeness (QED) is 0.193. The van der Waals surface area contributed by atoms with Gasteiger partial charge in [0.05, 0.1) is 0 Å². The summed E-state index contributed by atoms with van der Waals surface area (Å²) in [5.74, 6) is 1.16. The van der Waals surface area contributed by atoms with Crippen LogP contribution < -0.4 is 0 Å². The lowest BCUT2D eigenvalue weighted by molar-refractivity contribution is 0.375. The average molecular weight is 486 g/mol. The van der Waals surface area contributed by atoms with Crippen LogP contribution in [-0.2, 0) is 6.42 Å². The fourth-order valence-electron chi connectivity index (χ4n) is 5.59. The van der Waals surface area contributed by atoms with Crippen molar-refractivity contribution in [2.45, 2.75) is 50.4 Å². The third kappa shape index (κ3) is 6.60. The van der Waals surface area contributed by atoms with E-state index in [2.05, 4.69) is 127 Å². The van der Waals surface area contributed by atoms with Crippen molar-refractivity contribution in [3.05, 3.63) is 150 Å². The molecule has 0 radical (unpaired) electrons. The summed E-state index contributed by atoms with van der Waals surface area (Å²) >= 11 is 0. The smallest absolute Gasteiger partial charge is 0.0366 e. The molecule has 0 heterocycles. The van der Waals surface area contributed by atoms with Crippen LogP contribution in [0, 0.1) is 0 Å². The predicted molar refractivity (Wildman–Crippen MR) is 158 cm³/mol. The zero-order valence-electron chi connectivity index (χ0n) is 21.9. The van der Waals surface area contributed by atoms with Gasteiger partial charge in [-0.15, -0.1) is 0 Å². The standard InChI is InChI=1S/C36H39N/c1-29(31-16-5-2-6-17-31)37(26-13-15-30-14-11-24-35(28-30)32-22-12-23-32)27-25-36(33-18-7-3-8-19-33)34-20-9-4-10-21-34/h2-11,14,16-21,24,28,32,36H,1,12-13,15,22-23,25-27H2. The van der Waals surface area contributed by atoms with Gasteiger partial charge in [0.25, 0.3) is 0 Å². The second-order valence-electron chi connectivity index (χ2n) is 10.4. The molecule has 0 spiro atoms. The minimum Gasteiger partial charge on any atom is -0.371 e. The summed E-state index contributed by atoms with van der Waals surface area (Å²) in [5.41, 5.74) is 8.12. The molecule has 188 valence electrons. The molecule has 0 unspecified atom stereocenters. The van der Waals surface area contributed by atoms with Crippen LogP contribution in [0.2, 0.25) is 0 Å². The van der Waals surface area contributed by atoms with Crippen molar-refractivity contribution in [3.8, 4) is 0 Å². The van der Waals surface area contributed by atoms with Gasteiger partial charge >= 0.3 is 0 Å². The molecular formula is C36H39N. The van der Waals surface area contributed by atoms with Crippen molar-refractivity contribution in [3.63, 3.8) is 0 Å². The van der Waals surface area contributed by atoms with Gasteiger partial charge in [0, 0.05) is 24.7 Å². The second kappa shape index (κ2) is 12.6. The zero-order valence-corrected chi connectivity index (χ0v) is 21.9. The first-order valence-electron chi connectivity index (χ1n) is 14.0. The van der Waals surface area contributed by atoms with Gasteiger partial charge in [-0.3, -0.25) is 0 Å². The van der Waals surface area contributed by atoms with Gasteiger partial charge < -0.3 is 4.90 Å². The van der Waals surface area contributed by atoms with Gasteiger partial charge in [-0.05, 0) is 65.8 Å². The van der Waals surface area contributed by atoms with Crippen molar-refractivity contribution in [2.24, 2.45) is 0 Å². The topological polar surface area (TPSA) is 3.24 Å². The van der Waals surface area contributed by atoms with Gasteiger partial charge in [-0.2, -0.15) is 0 Å². The molecule has 5 rings (SSSR count). The minimum absolute atomic E-state index is 0.368. The molecule has 37 heavy (non-hydrogen) atoms. The van der Waals surface area contributed by atoms with E-state index in [1.165, 1.54) is 41.5 Å². The Balaban J connectivity index is 1.30. The molecule has 1 nitrogen and oxygen atoms in total. The van der Waals surface area contributed by atoms with Gasteiger partial charge in [-0.25, -0.2) is 0 Å². The molecule has 1 aliphatic carbocycles.